The van der Waals surface area contributed by atoms with Crippen LogP contribution in [0, 0.1) is 6.92 Å². The molecule has 3 nitrogen and oxygen atoms in total. The molecule has 0 saturated heterocycles. The highest BCUT2D eigenvalue weighted by Crippen LogP contribution is 2.21. The molecule has 0 atom stereocenters. The molecule has 4 heteroatoms. The molecule has 1 amide bonds. The summed E-state index contributed by atoms with van der Waals surface area (Å²) in [5.74, 6) is 1.27. The number of benzene rings is 2. The Morgan fingerprint density at radius 3 is 2.50 bits per heavy atom. The third-order valence-corrected chi connectivity index (χ3v) is 4.23. The van der Waals surface area contributed by atoms with Gasteiger partial charge in [0, 0.05) is 17.1 Å². The number of aryl methyl sites for hydroxylation is 1. The molecule has 0 aliphatic carbocycles. The van der Waals surface area contributed by atoms with E-state index in [2.05, 4.69) is 19.2 Å². The van der Waals surface area contributed by atoms with Crippen LogP contribution in [-0.4, -0.2) is 12.5 Å². The number of carbonyl (C=O) groups excluding carboxylic acids is 1. The highest BCUT2D eigenvalue weighted by atomic mass is 35.5. The normalized spacial score (nSPS) is 10.7. The Hall–Kier alpha value is -2.00. The van der Waals surface area contributed by atoms with E-state index in [1.165, 1.54) is 5.56 Å². The van der Waals surface area contributed by atoms with Gasteiger partial charge in [-0.3, -0.25) is 4.79 Å². The molecule has 2 aromatic rings. The average molecular weight is 346 g/mol. The molecule has 0 heterocycles. The van der Waals surface area contributed by atoms with E-state index in [1.54, 1.807) is 0 Å². The van der Waals surface area contributed by atoms with Crippen molar-refractivity contribution in [1.82, 2.24) is 0 Å². The molecule has 1 N–H and O–H groups in total. The first-order valence-electron chi connectivity index (χ1n) is 8.24. The number of rotatable bonds is 7. The van der Waals surface area contributed by atoms with Gasteiger partial charge >= 0.3 is 0 Å². The van der Waals surface area contributed by atoms with Crippen LogP contribution in [0.5, 0.6) is 5.75 Å². The number of nitrogens with one attached hydrogen (secondary N) is 1. The number of carbonyl (C=O) groups is 1. The minimum Gasteiger partial charge on any atom is -0.494 e. The van der Waals surface area contributed by atoms with Crippen molar-refractivity contribution in [2.24, 2.45) is 0 Å². The summed E-state index contributed by atoms with van der Waals surface area (Å²) in [5, 5.41) is 3.64. The zero-order valence-corrected chi connectivity index (χ0v) is 15.2. The van der Waals surface area contributed by atoms with Gasteiger partial charge in [0.15, 0.2) is 0 Å². The summed E-state index contributed by atoms with van der Waals surface area (Å²) in [6.07, 6.45) is 1.09. The van der Waals surface area contributed by atoms with Crippen LogP contribution < -0.4 is 10.1 Å². The molecule has 0 fully saturated rings. The van der Waals surface area contributed by atoms with E-state index in [0.717, 1.165) is 22.0 Å². The van der Waals surface area contributed by atoms with Gasteiger partial charge in [0.25, 0.3) is 0 Å². The molecule has 0 unspecified atom stereocenters. The summed E-state index contributed by atoms with van der Waals surface area (Å²) >= 11 is 5.98. The summed E-state index contributed by atoms with van der Waals surface area (Å²) in [7, 11) is 0. The van der Waals surface area contributed by atoms with Crippen LogP contribution in [0.4, 0.5) is 5.69 Å². The van der Waals surface area contributed by atoms with Crippen LogP contribution in [0.1, 0.15) is 43.7 Å². The van der Waals surface area contributed by atoms with Crippen molar-refractivity contribution in [3.8, 4) is 5.75 Å². The lowest BCUT2D eigenvalue weighted by atomic mass is 10.0. The second kappa shape index (κ2) is 8.74. The highest BCUT2D eigenvalue weighted by Gasteiger charge is 2.04. The second-order valence-corrected chi connectivity index (χ2v) is 6.60. The van der Waals surface area contributed by atoms with Crippen molar-refractivity contribution in [1.29, 1.82) is 0 Å². The van der Waals surface area contributed by atoms with Gasteiger partial charge in [-0.2, -0.15) is 0 Å². The van der Waals surface area contributed by atoms with E-state index in [9.17, 15) is 4.79 Å². The van der Waals surface area contributed by atoms with E-state index in [0.29, 0.717) is 25.4 Å². The van der Waals surface area contributed by atoms with Gasteiger partial charge in [0.2, 0.25) is 5.91 Å². The van der Waals surface area contributed by atoms with E-state index >= 15 is 0 Å². The molecular formula is C20H24ClNO2. The minimum absolute atomic E-state index is 0.00295. The predicted octanol–water partition coefficient (Wildman–Crippen LogP) is 5.57. The number of anilines is 1. The number of ether oxygens (including phenoxy) is 1. The van der Waals surface area contributed by atoms with Crippen LogP contribution >= 0.6 is 11.6 Å². The van der Waals surface area contributed by atoms with Crippen molar-refractivity contribution < 1.29 is 9.53 Å². The Bertz CT molecular complexity index is 681. The first-order chi connectivity index (χ1) is 11.5. The lowest BCUT2D eigenvalue weighted by Crippen LogP contribution is -2.12. The maximum atomic E-state index is 12.0. The molecular weight excluding hydrogens is 322 g/mol. The first-order valence-corrected chi connectivity index (χ1v) is 8.62. The molecule has 2 aromatic carbocycles. The lowest BCUT2D eigenvalue weighted by Gasteiger charge is -2.09. The van der Waals surface area contributed by atoms with Crippen molar-refractivity contribution in [2.75, 3.05) is 11.9 Å². The van der Waals surface area contributed by atoms with Crippen LogP contribution in [0.15, 0.2) is 42.5 Å². The highest BCUT2D eigenvalue weighted by molar-refractivity contribution is 6.31. The van der Waals surface area contributed by atoms with E-state index in [-0.39, 0.29) is 5.91 Å². The summed E-state index contributed by atoms with van der Waals surface area (Å²) < 4.78 is 5.65. The second-order valence-electron chi connectivity index (χ2n) is 6.19. The van der Waals surface area contributed by atoms with Crippen LogP contribution in [0.25, 0.3) is 0 Å². The summed E-state index contributed by atoms with van der Waals surface area (Å²) in [5.41, 5.74) is 3.08. The summed E-state index contributed by atoms with van der Waals surface area (Å²) in [4.78, 5) is 12.0. The monoisotopic (exact) mass is 345 g/mol. The minimum atomic E-state index is 0.00295. The molecule has 0 saturated carbocycles. The van der Waals surface area contributed by atoms with E-state index in [4.69, 9.17) is 16.3 Å². The molecule has 0 aliphatic rings. The first kappa shape index (κ1) is 18.3. The Kier molecular flexibility index (Phi) is 6.68. The predicted molar refractivity (Wildman–Crippen MR) is 100 cm³/mol. The average Bonchev–Trinajstić information content (AvgIpc) is 2.55. The fourth-order valence-corrected chi connectivity index (χ4v) is 2.42. The van der Waals surface area contributed by atoms with Gasteiger partial charge in [-0.05, 0) is 60.7 Å². The Balaban J connectivity index is 1.72. The molecule has 2 rings (SSSR count). The number of amides is 1. The largest absolute Gasteiger partial charge is 0.494 e. The van der Waals surface area contributed by atoms with E-state index in [1.807, 2.05) is 49.4 Å². The quantitative estimate of drug-likeness (QED) is 0.666. The van der Waals surface area contributed by atoms with Crippen molar-refractivity contribution >= 4 is 23.2 Å². The standard InChI is InChI=1S/C20H24ClNO2/c1-14(2)16-6-8-17(9-7-16)22-20(23)5-4-12-24-18-10-11-19(21)15(3)13-18/h6-11,13-14H,4-5,12H2,1-3H3,(H,22,23). The molecule has 128 valence electrons. The SMILES string of the molecule is Cc1cc(OCCCC(=O)Nc2ccc(C(C)C)cc2)ccc1Cl. The van der Waals surface area contributed by atoms with Gasteiger partial charge in [-0.25, -0.2) is 0 Å². The molecule has 0 aromatic heterocycles. The number of hydrogen-bond donors (Lipinski definition) is 1. The Morgan fingerprint density at radius 2 is 1.88 bits per heavy atom. The topological polar surface area (TPSA) is 38.3 Å². The zero-order valence-electron chi connectivity index (χ0n) is 14.4. The van der Waals surface area contributed by atoms with Crippen molar-refractivity contribution in [3.63, 3.8) is 0 Å². The Morgan fingerprint density at radius 1 is 1.17 bits per heavy atom. The third-order valence-electron chi connectivity index (χ3n) is 3.81. The summed E-state index contributed by atoms with van der Waals surface area (Å²) in [6, 6.07) is 13.5. The number of hydrogen-bond acceptors (Lipinski definition) is 2. The molecule has 0 aliphatic heterocycles. The maximum Gasteiger partial charge on any atom is 0.224 e. The van der Waals surface area contributed by atoms with Crippen LogP contribution in [0.2, 0.25) is 5.02 Å². The fraction of sp³-hybridized carbons (Fsp3) is 0.350. The van der Waals surface area contributed by atoms with Gasteiger partial charge in [-0.1, -0.05) is 37.6 Å². The van der Waals surface area contributed by atoms with Crippen molar-refractivity contribution in [3.05, 3.63) is 58.6 Å². The van der Waals surface area contributed by atoms with Gasteiger partial charge < -0.3 is 10.1 Å². The smallest absolute Gasteiger partial charge is 0.224 e. The summed E-state index contributed by atoms with van der Waals surface area (Å²) in [6.45, 7) is 6.74. The molecule has 0 bridgehead atoms. The number of halogens is 1. The molecule has 0 spiro atoms. The maximum absolute atomic E-state index is 12.0. The van der Waals surface area contributed by atoms with Gasteiger partial charge in [0.05, 0.1) is 6.61 Å². The van der Waals surface area contributed by atoms with Crippen LogP contribution in [-0.2, 0) is 4.79 Å². The molecule has 24 heavy (non-hydrogen) atoms. The Labute approximate surface area is 149 Å². The van der Waals surface area contributed by atoms with Crippen LogP contribution in [0.3, 0.4) is 0 Å². The molecule has 0 radical (unpaired) electrons. The lowest BCUT2D eigenvalue weighted by molar-refractivity contribution is -0.116. The fourth-order valence-electron chi connectivity index (χ4n) is 2.30. The zero-order chi connectivity index (χ0) is 17.5. The van der Waals surface area contributed by atoms with Gasteiger partial charge in [0.1, 0.15) is 5.75 Å². The van der Waals surface area contributed by atoms with E-state index < -0.39 is 0 Å². The van der Waals surface area contributed by atoms with Gasteiger partial charge in [-0.15, -0.1) is 0 Å². The van der Waals surface area contributed by atoms with Crippen molar-refractivity contribution in [2.45, 2.75) is 39.5 Å². The third kappa shape index (κ3) is 5.57.